The number of benzene rings is 2. The average molecular weight is 365 g/mol. The quantitative estimate of drug-likeness (QED) is 0.833. The molecule has 24 heavy (non-hydrogen) atoms. The maximum Gasteiger partial charge on any atom is 0.178 e. The molecule has 0 N–H and O–H groups in total. The second-order valence-corrected chi connectivity index (χ2v) is 8.51. The molecule has 1 saturated heterocycles. The molecule has 0 atom stereocenters. The fraction of sp³-hybridized carbons (Fsp3) is 0.333. The highest BCUT2D eigenvalue weighted by Crippen LogP contribution is 2.27. The average Bonchev–Trinajstić information content (AvgIpc) is 2.62. The van der Waals surface area contributed by atoms with Crippen LogP contribution in [0.5, 0.6) is 0 Å². The number of nitrogens with zero attached hydrogens (tertiary/aromatic N) is 2. The second-order valence-electron chi connectivity index (χ2n) is 5.82. The minimum absolute atomic E-state index is 0.128. The highest BCUT2D eigenvalue weighted by molar-refractivity contribution is 7.91. The third-order valence-corrected chi connectivity index (χ3v) is 6.48. The SMILES string of the molecule is CCS(=O)(=O)c1ccc(N2CCN(c3ccccc3Cl)CC2)cc1. The highest BCUT2D eigenvalue weighted by Gasteiger charge is 2.19. The molecule has 1 aliphatic heterocycles. The largest absolute Gasteiger partial charge is 0.368 e. The third-order valence-electron chi connectivity index (χ3n) is 4.41. The monoisotopic (exact) mass is 364 g/mol. The van der Waals surface area contributed by atoms with E-state index in [0.29, 0.717) is 4.90 Å². The van der Waals surface area contributed by atoms with Gasteiger partial charge in [-0.1, -0.05) is 30.7 Å². The summed E-state index contributed by atoms with van der Waals surface area (Å²) < 4.78 is 23.8. The van der Waals surface area contributed by atoms with Crippen LogP contribution in [0, 0.1) is 0 Å². The van der Waals surface area contributed by atoms with Crippen LogP contribution in [-0.2, 0) is 9.84 Å². The van der Waals surface area contributed by atoms with E-state index in [9.17, 15) is 8.42 Å². The zero-order valence-electron chi connectivity index (χ0n) is 13.7. The lowest BCUT2D eigenvalue weighted by molar-refractivity contribution is 0.597. The molecule has 2 aromatic rings. The van der Waals surface area contributed by atoms with Crippen molar-refractivity contribution in [3.63, 3.8) is 0 Å². The van der Waals surface area contributed by atoms with Crippen molar-refractivity contribution in [3.05, 3.63) is 53.6 Å². The molecule has 0 aromatic heterocycles. The lowest BCUT2D eigenvalue weighted by Crippen LogP contribution is -2.46. The number of hydrogen-bond acceptors (Lipinski definition) is 4. The number of piperazine rings is 1. The van der Waals surface area contributed by atoms with Gasteiger partial charge < -0.3 is 9.80 Å². The van der Waals surface area contributed by atoms with Gasteiger partial charge in [-0.25, -0.2) is 8.42 Å². The first-order valence-corrected chi connectivity index (χ1v) is 10.1. The highest BCUT2D eigenvalue weighted by atomic mass is 35.5. The van der Waals surface area contributed by atoms with Gasteiger partial charge >= 0.3 is 0 Å². The van der Waals surface area contributed by atoms with Gasteiger partial charge in [-0.3, -0.25) is 0 Å². The third kappa shape index (κ3) is 3.52. The van der Waals surface area contributed by atoms with Crippen LogP contribution in [0.1, 0.15) is 6.92 Å². The van der Waals surface area contributed by atoms with Crippen molar-refractivity contribution in [1.82, 2.24) is 0 Å². The lowest BCUT2D eigenvalue weighted by atomic mass is 10.2. The number of halogens is 1. The standard InChI is InChI=1S/C18H21ClN2O2S/c1-2-24(22,23)16-9-7-15(8-10-16)20-11-13-21(14-12-20)18-6-4-3-5-17(18)19/h3-10H,2,11-14H2,1H3. The molecular weight excluding hydrogens is 344 g/mol. The summed E-state index contributed by atoms with van der Waals surface area (Å²) in [5.41, 5.74) is 2.13. The van der Waals surface area contributed by atoms with Crippen LogP contribution in [-0.4, -0.2) is 40.3 Å². The molecule has 128 valence electrons. The van der Waals surface area contributed by atoms with Crippen LogP contribution in [0.15, 0.2) is 53.4 Å². The van der Waals surface area contributed by atoms with Crippen molar-refractivity contribution < 1.29 is 8.42 Å². The molecule has 0 unspecified atom stereocenters. The molecule has 1 heterocycles. The Balaban J connectivity index is 1.68. The smallest absolute Gasteiger partial charge is 0.178 e. The first-order valence-electron chi connectivity index (χ1n) is 8.08. The minimum atomic E-state index is -3.14. The predicted octanol–water partition coefficient (Wildman–Crippen LogP) is 3.46. The maximum absolute atomic E-state index is 11.9. The number of para-hydroxylation sites is 1. The lowest BCUT2D eigenvalue weighted by Gasteiger charge is -2.37. The van der Waals surface area contributed by atoms with Crippen molar-refractivity contribution in [2.45, 2.75) is 11.8 Å². The van der Waals surface area contributed by atoms with Gasteiger partial charge in [-0.05, 0) is 36.4 Å². The van der Waals surface area contributed by atoms with E-state index in [0.717, 1.165) is 42.6 Å². The normalized spacial score (nSPS) is 15.6. The summed E-state index contributed by atoms with van der Waals surface area (Å²) >= 11 is 6.27. The molecule has 0 spiro atoms. The van der Waals surface area contributed by atoms with Gasteiger partial charge in [0.1, 0.15) is 0 Å². The van der Waals surface area contributed by atoms with Crippen LogP contribution < -0.4 is 9.80 Å². The van der Waals surface area contributed by atoms with Gasteiger partial charge in [0.15, 0.2) is 9.84 Å². The predicted molar refractivity (Wildman–Crippen MR) is 100 cm³/mol. The van der Waals surface area contributed by atoms with Crippen LogP contribution in [0.3, 0.4) is 0 Å². The van der Waals surface area contributed by atoms with Crippen LogP contribution in [0.25, 0.3) is 0 Å². The van der Waals surface area contributed by atoms with E-state index in [-0.39, 0.29) is 5.75 Å². The van der Waals surface area contributed by atoms with E-state index in [1.165, 1.54) is 0 Å². The molecule has 0 radical (unpaired) electrons. The van der Waals surface area contributed by atoms with E-state index in [1.54, 1.807) is 19.1 Å². The summed E-state index contributed by atoms with van der Waals surface area (Å²) in [6, 6.07) is 15.1. The van der Waals surface area contributed by atoms with Crippen LogP contribution >= 0.6 is 11.6 Å². The van der Waals surface area contributed by atoms with Gasteiger partial charge in [-0.2, -0.15) is 0 Å². The second kappa shape index (κ2) is 7.03. The minimum Gasteiger partial charge on any atom is -0.368 e. The fourth-order valence-corrected chi connectivity index (χ4v) is 4.08. The number of hydrogen-bond donors (Lipinski definition) is 0. The Morgan fingerprint density at radius 1 is 0.917 bits per heavy atom. The van der Waals surface area contributed by atoms with Crippen LogP contribution in [0.4, 0.5) is 11.4 Å². The van der Waals surface area contributed by atoms with E-state index < -0.39 is 9.84 Å². The first kappa shape index (κ1) is 17.1. The molecule has 3 rings (SSSR count). The van der Waals surface area contributed by atoms with Crippen molar-refractivity contribution in [1.29, 1.82) is 0 Å². The van der Waals surface area contributed by atoms with Gasteiger partial charge in [-0.15, -0.1) is 0 Å². The Morgan fingerprint density at radius 2 is 1.50 bits per heavy atom. The van der Waals surface area contributed by atoms with Crippen molar-refractivity contribution in [3.8, 4) is 0 Å². The Bertz CT molecular complexity index is 798. The summed E-state index contributed by atoms with van der Waals surface area (Å²) in [6.07, 6.45) is 0. The van der Waals surface area contributed by atoms with Crippen molar-refractivity contribution >= 4 is 32.8 Å². The van der Waals surface area contributed by atoms with Crippen molar-refractivity contribution in [2.24, 2.45) is 0 Å². The van der Waals surface area contributed by atoms with Crippen molar-refractivity contribution in [2.75, 3.05) is 41.7 Å². The summed E-state index contributed by atoms with van der Waals surface area (Å²) in [5.74, 6) is 0.128. The molecule has 1 aliphatic rings. The molecular formula is C18H21ClN2O2S. The van der Waals surface area contributed by atoms with Gasteiger partial charge in [0.05, 0.1) is 21.4 Å². The number of anilines is 2. The van der Waals surface area contributed by atoms with E-state index in [2.05, 4.69) is 9.80 Å². The Hall–Kier alpha value is -1.72. The molecule has 6 heteroatoms. The van der Waals surface area contributed by atoms with Gasteiger partial charge in [0.25, 0.3) is 0 Å². The molecule has 0 bridgehead atoms. The number of rotatable bonds is 4. The van der Waals surface area contributed by atoms with Crippen LogP contribution in [0.2, 0.25) is 5.02 Å². The summed E-state index contributed by atoms with van der Waals surface area (Å²) in [6.45, 7) is 5.20. The molecule has 2 aromatic carbocycles. The fourth-order valence-electron chi connectivity index (χ4n) is 2.94. The molecule has 0 amide bonds. The van der Waals surface area contributed by atoms with E-state index in [1.807, 2.05) is 36.4 Å². The Morgan fingerprint density at radius 3 is 2.08 bits per heavy atom. The molecule has 4 nitrogen and oxygen atoms in total. The summed E-state index contributed by atoms with van der Waals surface area (Å²) in [5, 5.41) is 0.778. The first-order chi connectivity index (χ1) is 11.5. The van der Waals surface area contributed by atoms with E-state index in [4.69, 9.17) is 11.6 Å². The zero-order valence-corrected chi connectivity index (χ0v) is 15.2. The molecule has 0 saturated carbocycles. The Kier molecular flexibility index (Phi) is 5.01. The zero-order chi connectivity index (χ0) is 17.2. The summed E-state index contributed by atoms with van der Waals surface area (Å²) in [7, 11) is -3.14. The van der Waals surface area contributed by atoms with E-state index >= 15 is 0 Å². The molecule has 0 aliphatic carbocycles. The maximum atomic E-state index is 11.9. The topological polar surface area (TPSA) is 40.6 Å². The number of sulfone groups is 1. The molecule has 1 fully saturated rings. The summed E-state index contributed by atoms with van der Waals surface area (Å²) in [4.78, 5) is 4.95. The Labute approximate surface area is 148 Å². The van der Waals surface area contributed by atoms with Gasteiger partial charge in [0, 0.05) is 31.9 Å². The van der Waals surface area contributed by atoms with Gasteiger partial charge in [0.2, 0.25) is 0 Å².